The van der Waals surface area contributed by atoms with Gasteiger partial charge in [-0.3, -0.25) is 0 Å². The average molecular weight is 422 g/mol. The van der Waals surface area contributed by atoms with Crippen molar-refractivity contribution in [1.82, 2.24) is 9.97 Å². The summed E-state index contributed by atoms with van der Waals surface area (Å²) in [5.41, 5.74) is 1.98. The molecule has 1 aliphatic heterocycles. The molecule has 0 unspecified atom stereocenters. The van der Waals surface area contributed by atoms with Crippen molar-refractivity contribution in [2.75, 3.05) is 26.3 Å². The predicted octanol–water partition coefficient (Wildman–Crippen LogP) is 2.90. The van der Waals surface area contributed by atoms with Crippen LogP contribution in [0.2, 0.25) is 0 Å². The molecule has 0 saturated carbocycles. The maximum atomic E-state index is 9.06. The number of aromatic nitrogens is 2. The molecule has 154 valence electrons. The highest BCUT2D eigenvalue weighted by molar-refractivity contribution is 7.18. The van der Waals surface area contributed by atoms with E-state index in [1.54, 1.807) is 23.5 Å². The lowest BCUT2D eigenvalue weighted by molar-refractivity contribution is -0.922. The van der Waals surface area contributed by atoms with E-state index in [-0.39, 0.29) is 0 Å². The summed E-state index contributed by atoms with van der Waals surface area (Å²) in [6.07, 6.45) is 3.35. The van der Waals surface area contributed by atoms with Crippen LogP contribution in [0.25, 0.3) is 10.2 Å². The fraction of sp³-hybridized carbons (Fsp3) is 0.435. The Hall–Kier alpha value is -2.53. The normalized spacial score (nSPS) is 19.4. The molecule has 6 nitrogen and oxygen atoms in total. The number of morpholine rings is 1. The minimum Gasteiger partial charge on any atom is -0.438 e. The van der Waals surface area contributed by atoms with Gasteiger partial charge in [-0.25, -0.2) is 4.98 Å². The highest BCUT2D eigenvalue weighted by Gasteiger charge is 2.26. The first kappa shape index (κ1) is 19.4. The van der Waals surface area contributed by atoms with Gasteiger partial charge < -0.3 is 14.4 Å². The zero-order chi connectivity index (χ0) is 20.5. The van der Waals surface area contributed by atoms with Crippen molar-refractivity contribution in [2.24, 2.45) is 5.92 Å². The zero-order valence-corrected chi connectivity index (χ0v) is 17.9. The van der Waals surface area contributed by atoms with Crippen LogP contribution in [0.15, 0.2) is 24.3 Å². The first-order chi connectivity index (χ1) is 14.7. The molecule has 0 spiro atoms. The minimum absolute atomic E-state index is 0.619. The minimum atomic E-state index is 0.619. The highest BCUT2D eigenvalue weighted by atomic mass is 32.1. The number of ether oxygens (including phenoxy) is 2. The Kier molecular flexibility index (Phi) is 5.38. The van der Waals surface area contributed by atoms with E-state index in [1.165, 1.54) is 21.8 Å². The summed E-state index contributed by atoms with van der Waals surface area (Å²) < 4.78 is 11.8. The third kappa shape index (κ3) is 3.91. The highest BCUT2D eigenvalue weighted by Crippen LogP contribution is 2.41. The maximum absolute atomic E-state index is 9.06. The van der Waals surface area contributed by atoms with Crippen LogP contribution in [-0.2, 0) is 24.1 Å². The van der Waals surface area contributed by atoms with Gasteiger partial charge in [0.1, 0.15) is 30.2 Å². The van der Waals surface area contributed by atoms with Gasteiger partial charge in [0.2, 0.25) is 5.88 Å². The number of fused-ring (bicyclic) bond motifs is 3. The van der Waals surface area contributed by atoms with E-state index >= 15 is 0 Å². The number of benzene rings is 1. The molecule has 3 aromatic rings. The van der Waals surface area contributed by atoms with Crippen LogP contribution in [-0.4, -0.2) is 36.3 Å². The number of nitrogens with zero attached hydrogens (tertiary/aromatic N) is 3. The number of aryl methyl sites for hydroxylation is 1. The Bertz CT molecular complexity index is 1100. The van der Waals surface area contributed by atoms with Crippen molar-refractivity contribution in [1.29, 1.82) is 5.26 Å². The third-order valence-electron chi connectivity index (χ3n) is 5.97. The molecule has 3 heterocycles. The van der Waals surface area contributed by atoms with Crippen LogP contribution < -0.4 is 9.64 Å². The number of nitriles is 1. The van der Waals surface area contributed by atoms with Gasteiger partial charge in [0.25, 0.3) is 0 Å². The van der Waals surface area contributed by atoms with Gasteiger partial charge in [-0.1, -0.05) is 6.92 Å². The molecule has 5 rings (SSSR count). The molecule has 1 aromatic carbocycles. The standard InChI is InChI=1S/C23H24N4O2S/c1-15-2-7-18-19(12-15)30-23-21(18)22(29-17-5-3-16(13-24)4-6-17)25-20(26-23)14-27-8-10-28-11-9-27/h3-6,15H,2,7-12,14H2,1H3/p+1/t15-/m1/s1. The van der Waals surface area contributed by atoms with E-state index in [9.17, 15) is 0 Å². The van der Waals surface area contributed by atoms with E-state index < -0.39 is 0 Å². The number of quaternary nitrogens is 1. The topological polar surface area (TPSA) is 72.5 Å². The lowest BCUT2D eigenvalue weighted by atomic mass is 9.89. The summed E-state index contributed by atoms with van der Waals surface area (Å²) in [6, 6.07) is 9.37. The lowest BCUT2D eigenvalue weighted by Crippen LogP contribution is -3.12. The number of hydrogen-bond donors (Lipinski definition) is 1. The molecule has 1 aliphatic carbocycles. The van der Waals surface area contributed by atoms with Crippen LogP contribution in [0, 0.1) is 17.2 Å². The van der Waals surface area contributed by atoms with E-state index in [0.717, 1.165) is 61.7 Å². The second-order valence-electron chi connectivity index (χ2n) is 8.25. The molecular weight excluding hydrogens is 396 g/mol. The maximum Gasteiger partial charge on any atom is 0.231 e. The predicted molar refractivity (Wildman–Crippen MR) is 115 cm³/mol. The van der Waals surface area contributed by atoms with Gasteiger partial charge in [0, 0.05) is 4.88 Å². The molecule has 1 saturated heterocycles. The molecule has 1 N–H and O–H groups in total. The smallest absolute Gasteiger partial charge is 0.231 e. The lowest BCUT2D eigenvalue weighted by Gasteiger charge is -2.23. The van der Waals surface area contributed by atoms with Crippen LogP contribution in [0.1, 0.15) is 35.2 Å². The largest absolute Gasteiger partial charge is 0.438 e. The molecule has 2 aromatic heterocycles. The van der Waals surface area contributed by atoms with Gasteiger partial charge in [0.15, 0.2) is 5.82 Å². The average Bonchev–Trinajstić information content (AvgIpc) is 3.12. The summed E-state index contributed by atoms with van der Waals surface area (Å²) in [5.74, 6) is 2.88. The van der Waals surface area contributed by atoms with Gasteiger partial charge in [-0.2, -0.15) is 10.2 Å². The second-order valence-corrected chi connectivity index (χ2v) is 9.34. The van der Waals surface area contributed by atoms with Gasteiger partial charge in [-0.15, -0.1) is 11.3 Å². The molecule has 7 heteroatoms. The summed E-state index contributed by atoms with van der Waals surface area (Å²) in [5, 5.41) is 10.1. The molecule has 0 bridgehead atoms. The second kappa shape index (κ2) is 8.31. The van der Waals surface area contributed by atoms with Crippen LogP contribution >= 0.6 is 11.3 Å². The summed E-state index contributed by atoms with van der Waals surface area (Å²) in [4.78, 5) is 13.7. The Morgan fingerprint density at radius 3 is 2.80 bits per heavy atom. The fourth-order valence-corrected chi connectivity index (χ4v) is 5.67. The van der Waals surface area contributed by atoms with E-state index in [4.69, 9.17) is 24.7 Å². The Labute approximate surface area is 180 Å². The summed E-state index contributed by atoms with van der Waals surface area (Å²) >= 11 is 1.80. The van der Waals surface area contributed by atoms with Crippen molar-refractivity contribution >= 4 is 21.6 Å². The molecule has 0 amide bonds. The quantitative estimate of drug-likeness (QED) is 0.701. The van der Waals surface area contributed by atoms with Crippen LogP contribution in [0.4, 0.5) is 0 Å². The molecular formula is C23H25N4O2S+. The van der Waals surface area contributed by atoms with Crippen LogP contribution in [0.5, 0.6) is 11.6 Å². The Morgan fingerprint density at radius 1 is 1.23 bits per heavy atom. The van der Waals surface area contributed by atoms with E-state index in [1.807, 2.05) is 12.1 Å². The number of thiophene rings is 1. The van der Waals surface area contributed by atoms with Crippen LogP contribution in [0.3, 0.4) is 0 Å². The third-order valence-corrected chi connectivity index (χ3v) is 7.12. The van der Waals surface area contributed by atoms with Gasteiger partial charge in [-0.05, 0) is 55.0 Å². The monoisotopic (exact) mass is 421 g/mol. The first-order valence-corrected chi connectivity index (χ1v) is 11.4. The van der Waals surface area contributed by atoms with Crippen molar-refractivity contribution < 1.29 is 14.4 Å². The van der Waals surface area contributed by atoms with Crippen molar-refractivity contribution in [3.05, 3.63) is 46.1 Å². The molecule has 2 aliphatic rings. The van der Waals surface area contributed by atoms with E-state index in [0.29, 0.717) is 23.1 Å². The van der Waals surface area contributed by atoms with Crippen molar-refractivity contribution in [3.8, 4) is 17.7 Å². The molecule has 30 heavy (non-hydrogen) atoms. The van der Waals surface area contributed by atoms with Crippen molar-refractivity contribution in [3.63, 3.8) is 0 Å². The molecule has 1 fully saturated rings. The number of rotatable bonds is 4. The number of hydrogen-bond acceptors (Lipinski definition) is 6. The van der Waals surface area contributed by atoms with Crippen molar-refractivity contribution in [2.45, 2.75) is 32.7 Å². The molecule has 1 atom stereocenters. The SMILES string of the molecule is C[C@@H]1CCc2c(sc3nc(C[NH+]4CCOCC4)nc(Oc4ccc(C#N)cc4)c23)C1. The Morgan fingerprint density at radius 2 is 2.03 bits per heavy atom. The first-order valence-electron chi connectivity index (χ1n) is 10.6. The Balaban J connectivity index is 1.54. The number of nitrogens with one attached hydrogen (secondary N) is 1. The summed E-state index contributed by atoms with van der Waals surface area (Å²) in [6.45, 7) is 6.63. The summed E-state index contributed by atoms with van der Waals surface area (Å²) in [7, 11) is 0. The fourth-order valence-electron chi connectivity index (χ4n) is 4.27. The van der Waals surface area contributed by atoms with Gasteiger partial charge >= 0.3 is 0 Å². The zero-order valence-electron chi connectivity index (χ0n) is 17.1. The molecule has 0 radical (unpaired) electrons. The van der Waals surface area contributed by atoms with Gasteiger partial charge in [0.05, 0.1) is 30.2 Å². The van der Waals surface area contributed by atoms with E-state index in [2.05, 4.69) is 13.0 Å².